The zero-order valence-corrected chi connectivity index (χ0v) is 24.6. The average molecular weight is 651 g/mol. The second-order valence-electron chi connectivity index (χ2n) is 9.42. The quantitative estimate of drug-likeness (QED) is 0.388. The molecule has 3 aromatic rings. The summed E-state index contributed by atoms with van der Waals surface area (Å²) in [5.41, 5.74) is -0.156. The number of piperazine rings is 1. The molecule has 3 heterocycles. The number of hydrogen-bond acceptors (Lipinski definition) is 5. The molecule has 0 saturated carbocycles. The van der Waals surface area contributed by atoms with Gasteiger partial charge in [0.2, 0.25) is 5.95 Å². The third kappa shape index (κ3) is 4.85. The first-order chi connectivity index (χ1) is 18.5. The fourth-order valence-corrected chi connectivity index (χ4v) is 7.36. The number of halogens is 3. The number of rotatable bonds is 5. The van der Waals surface area contributed by atoms with E-state index in [4.69, 9.17) is 29.6 Å². The molecule has 0 N–H and O–H groups in total. The molecule has 1 fully saturated rings. The lowest BCUT2D eigenvalue weighted by molar-refractivity contribution is -0.126. The Morgan fingerprint density at radius 1 is 1.10 bits per heavy atom. The number of nitrogens with zero attached hydrogens (tertiary/aromatic N) is 5. The van der Waals surface area contributed by atoms with Crippen molar-refractivity contribution in [2.75, 3.05) is 31.1 Å². The number of carbonyl (C=O) groups excluding carboxylic acids is 2. The molecule has 2 aliphatic rings. The number of hydrogen-bond donors (Lipinski definition) is 0. The highest BCUT2D eigenvalue weighted by Gasteiger charge is 2.52. The summed E-state index contributed by atoms with van der Waals surface area (Å²) in [6.45, 7) is 2.12. The lowest BCUT2D eigenvalue weighted by Crippen LogP contribution is -2.51. The van der Waals surface area contributed by atoms with Crippen LogP contribution in [0, 0.1) is 12.3 Å². The van der Waals surface area contributed by atoms with Gasteiger partial charge in [-0.3, -0.25) is 14.2 Å². The number of aromatic nitrogens is 2. The van der Waals surface area contributed by atoms with Gasteiger partial charge in [0.1, 0.15) is 5.54 Å². The zero-order valence-electron chi connectivity index (χ0n) is 20.6. The van der Waals surface area contributed by atoms with Gasteiger partial charge >= 0.3 is 0 Å². The van der Waals surface area contributed by atoms with Gasteiger partial charge in [0.05, 0.1) is 11.9 Å². The van der Waals surface area contributed by atoms with Crippen LogP contribution in [0.4, 0.5) is 11.6 Å². The highest BCUT2D eigenvalue weighted by atomic mass is 79.9. The van der Waals surface area contributed by atoms with Gasteiger partial charge in [-0.25, -0.2) is 18.3 Å². The van der Waals surface area contributed by atoms with Crippen LogP contribution in [0.15, 0.2) is 58.2 Å². The van der Waals surface area contributed by atoms with Crippen molar-refractivity contribution >= 4 is 72.6 Å². The molecule has 1 aromatic heterocycles. The Balaban J connectivity index is 1.61. The number of carbonyl (C=O) groups is 2. The van der Waals surface area contributed by atoms with Crippen LogP contribution >= 0.6 is 39.1 Å². The van der Waals surface area contributed by atoms with Crippen LogP contribution < -0.4 is 4.90 Å². The molecule has 5 rings (SSSR count). The normalized spacial score (nSPS) is 19.7. The van der Waals surface area contributed by atoms with Crippen molar-refractivity contribution in [3.8, 4) is 12.3 Å². The Morgan fingerprint density at radius 2 is 1.72 bits per heavy atom. The molecule has 9 nitrogen and oxygen atoms in total. The molecule has 0 spiro atoms. The van der Waals surface area contributed by atoms with Crippen molar-refractivity contribution in [3.05, 3.63) is 68.7 Å². The molecule has 1 saturated heterocycles. The second-order valence-corrected chi connectivity index (χ2v) is 13.1. The molecule has 13 heteroatoms. The maximum absolute atomic E-state index is 14.1. The number of imidazole rings is 1. The van der Waals surface area contributed by atoms with Crippen molar-refractivity contribution in [2.45, 2.75) is 23.9 Å². The Labute approximate surface area is 244 Å². The van der Waals surface area contributed by atoms with Crippen LogP contribution in [0.2, 0.25) is 10.0 Å². The average Bonchev–Trinajstić information content (AvgIpc) is 3.43. The van der Waals surface area contributed by atoms with Crippen LogP contribution in [-0.2, 0) is 31.6 Å². The van der Waals surface area contributed by atoms with Crippen LogP contribution in [0.5, 0.6) is 0 Å². The lowest BCUT2D eigenvalue weighted by atomic mass is 9.92. The van der Waals surface area contributed by atoms with E-state index in [9.17, 15) is 18.0 Å². The molecular formula is C26H22BrCl2N5O4S. The number of fused-ring (bicyclic) bond motifs is 1. The number of anilines is 2. The van der Waals surface area contributed by atoms with Gasteiger partial charge < -0.3 is 4.90 Å². The molecule has 39 heavy (non-hydrogen) atoms. The Bertz CT molecular complexity index is 1610. The number of amides is 2. The maximum atomic E-state index is 14.1. The summed E-state index contributed by atoms with van der Waals surface area (Å²) < 4.78 is 31.5. The van der Waals surface area contributed by atoms with Crippen LogP contribution in [0.1, 0.15) is 12.5 Å². The first-order valence-corrected chi connectivity index (χ1v) is 14.8. The third-order valence-corrected chi connectivity index (χ3v) is 9.72. The molecule has 1 atom stereocenters. The molecular weight excluding hydrogens is 629 g/mol. The maximum Gasteiger partial charge on any atom is 0.298 e. The van der Waals surface area contributed by atoms with Crippen LogP contribution in [-0.4, -0.2) is 65.2 Å². The van der Waals surface area contributed by atoms with E-state index < -0.39 is 21.5 Å². The van der Waals surface area contributed by atoms with Gasteiger partial charge in [-0.05, 0) is 48.7 Å². The summed E-state index contributed by atoms with van der Waals surface area (Å²) in [6, 6.07) is 12.1. The number of sulfonamides is 1. The van der Waals surface area contributed by atoms with E-state index in [-0.39, 0.29) is 49.5 Å². The van der Waals surface area contributed by atoms with E-state index in [0.29, 0.717) is 15.7 Å². The van der Waals surface area contributed by atoms with E-state index in [1.807, 2.05) is 24.3 Å². The van der Waals surface area contributed by atoms with E-state index in [2.05, 4.69) is 26.8 Å². The fourth-order valence-electron chi connectivity index (χ4n) is 4.97. The Morgan fingerprint density at radius 3 is 2.31 bits per heavy atom. The lowest BCUT2D eigenvalue weighted by Gasteiger charge is -2.33. The monoisotopic (exact) mass is 649 g/mol. The first kappa shape index (κ1) is 27.7. The smallest absolute Gasteiger partial charge is 0.298 e. The highest BCUT2D eigenvalue weighted by molar-refractivity contribution is 9.10. The van der Waals surface area contributed by atoms with Gasteiger partial charge in [0.25, 0.3) is 21.8 Å². The topological polar surface area (TPSA) is 95.8 Å². The number of benzene rings is 2. The minimum atomic E-state index is -4.11. The molecule has 0 bridgehead atoms. The second kappa shape index (κ2) is 10.3. The van der Waals surface area contributed by atoms with Gasteiger partial charge in [-0.1, -0.05) is 51.3 Å². The van der Waals surface area contributed by atoms with Crippen LogP contribution in [0.3, 0.4) is 0 Å². The van der Waals surface area contributed by atoms with E-state index in [0.717, 1.165) is 10.0 Å². The Hall–Kier alpha value is -2.88. The summed E-state index contributed by atoms with van der Waals surface area (Å²) in [7, 11) is -4.11. The highest BCUT2D eigenvalue weighted by Crippen LogP contribution is 2.45. The summed E-state index contributed by atoms with van der Waals surface area (Å²) in [5, 5.41) is 0.507. The van der Waals surface area contributed by atoms with E-state index in [1.54, 1.807) is 25.1 Å². The fraction of sp³-hybridized carbons (Fsp3) is 0.269. The van der Waals surface area contributed by atoms with Gasteiger partial charge in [0.15, 0.2) is 5.03 Å². The molecule has 2 amide bonds. The summed E-state index contributed by atoms with van der Waals surface area (Å²) in [5.74, 6) is 1.33. The van der Waals surface area contributed by atoms with Crippen molar-refractivity contribution in [1.29, 1.82) is 0 Å². The molecule has 0 aliphatic carbocycles. The molecule has 2 aliphatic heterocycles. The molecule has 0 unspecified atom stereocenters. The van der Waals surface area contributed by atoms with Crippen LogP contribution in [0.25, 0.3) is 0 Å². The predicted molar refractivity (Wildman–Crippen MR) is 152 cm³/mol. The van der Waals surface area contributed by atoms with Gasteiger partial charge in [-0.2, -0.15) is 4.31 Å². The minimum absolute atomic E-state index is 0.0568. The number of terminal acetylenes is 1. The summed E-state index contributed by atoms with van der Waals surface area (Å²) in [6.07, 6.45) is 6.67. The SMILES string of the molecule is C#CC(=O)N1CCN(S(=O)(=O)c2cnc3n2[C@](C)(Cc2ccc(Br)cc2)C(=O)N3c2cc(Cl)cc(Cl)c2)CC1. The Kier molecular flexibility index (Phi) is 7.28. The van der Waals surface area contributed by atoms with Crippen molar-refractivity contribution < 1.29 is 18.0 Å². The molecule has 2 aromatic carbocycles. The van der Waals surface area contributed by atoms with Crippen molar-refractivity contribution in [2.24, 2.45) is 0 Å². The first-order valence-electron chi connectivity index (χ1n) is 11.8. The minimum Gasteiger partial charge on any atom is -0.329 e. The van der Waals surface area contributed by atoms with Crippen molar-refractivity contribution in [3.63, 3.8) is 0 Å². The van der Waals surface area contributed by atoms with Gasteiger partial charge in [0, 0.05) is 47.1 Å². The zero-order chi connectivity index (χ0) is 28.1. The summed E-state index contributed by atoms with van der Waals surface area (Å²) in [4.78, 5) is 33.2. The van der Waals surface area contributed by atoms with Crippen molar-refractivity contribution in [1.82, 2.24) is 18.8 Å². The van der Waals surface area contributed by atoms with E-state index >= 15 is 0 Å². The molecule has 0 radical (unpaired) electrons. The standard InChI is InChI=1S/C26H22BrCl2N5O4S/c1-3-22(35)31-8-10-32(11-9-31)39(37,38)23-16-30-25-33(21-13-19(28)12-20(29)14-21)24(36)26(2,34(23)25)15-17-4-6-18(27)7-5-17/h1,4-7,12-14,16H,8-11,15H2,2H3/t26-/m1/s1. The van der Waals surface area contributed by atoms with E-state index in [1.165, 1.54) is 24.9 Å². The molecule has 202 valence electrons. The predicted octanol–water partition coefficient (Wildman–Crippen LogP) is 4.05. The van der Waals surface area contributed by atoms with Gasteiger partial charge in [-0.15, -0.1) is 6.42 Å². The summed E-state index contributed by atoms with van der Waals surface area (Å²) >= 11 is 15.9. The largest absolute Gasteiger partial charge is 0.329 e. The third-order valence-electron chi connectivity index (χ3n) is 6.89.